The van der Waals surface area contributed by atoms with Gasteiger partial charge in [-0.15, -0.1) is 0 Å². The Bertz CT molecular complexity index is 1120. The fraction of sp³-hybridized carbons (Fsp3) is 0.500. The number of nitrogens with zero attached hydrogens (tertiary/aromatic N) is 5. The maximum atomic E-state index is 14.4. The summed E-state index contributed by atoms with van der Waals surface area (Å²) in [6.07, 6.45) is 5.13. The number of amides is 3. The van der Waals surface area contributed by atoms with Crippen LogP contribution in [0.2, 0.25) is 0 Å². The van der Waals surface area contributed by atoms with E-state index in [4.69, 9.17) is 5.73 Å². The molecule has 1 aliphatic heterocycles. The highest BCUT2D eigenvalue weighted by atomic mass is 19.2. The first kappa shape index (κ1) is 21.9. The first-order chi connectivity index (χ1) is 15.2. The second-order valence-corrected chi connectivity index (χ2v) is 8.70. The molecule has 1 saturated carbocycles. The monoisotopic (exact) mass is 442 g/mol. The van der Waals surface area contributed by atoms with Gasteiger partial charge in [0.1, 0.15) is 12.6 Å². The molecule has 4 rings (SSSR count). The summed E-state index contributed by atoms with van der Waals surface area (Å²) in [7, 11) is 0. The molecule has 0 unspecified atom stereocenters. The molecule has 3 amide bonds. The van der Waals surface area contributed by atoms with E-state index in [9.17, 15) is 18.9 Å². The second-order valence-electron chi connectivity index (χ2n) is 8.70. The van der Waals surface area contributed by atoms with Gasteiger partial charge in [-0.1, -0.05) is 23.1 Å². The van der Waals surface area contributed by atoms with Gasteiger partial charge in [-0.2, -0.15) is 10.2 Å². The molecule has 32 heavy (non-hydrogen) atoms. The van der Waals surface area contributed by atoms with Crippen LogP contribution in [0.5, 0.6) is 0 Å². The standard InChI is InChI=1S/C22H27FN6O3/c1-4-14-9-15-18(10-25-14)28(26-20(15)21(24)31)11-19(30)29-16-7-13(16)8-17(29)22(32)27(23)6-5-12(2)3/h5,9-10,13,16-17H,4,6-8,11H2,1-3H3,(H2,24,31)/t13-,16-,17+/m1/s1. The predicted molar refractivity (Wildman–Crippen MR) is 115 cm³/mol. The molecule has 0 bridgehead atoms. The Morgan fingerprint density at radius 2 is 2.06 bits per heavy atom. The SMILES string of the molecule is CCc1cc2c(C(N)=O)nn(CC(=O)N3[C@@H]4C[C@@H]4C[C@H]3C(=O)N(F)CC=C(C)C)c2cn1. The summed E-state index contributed by atoms with van der Waals surface area (Å²) in [6.45, 7) is 5.25. The van der Waals surface area contributed by atoms with E-state index >= 15 is 0 Å². The van der Waals surface area contributed by atoms with E-state index in [0.717, 1.165) is 17.7 Å². The molecule has 3 heterocycles. The molecule has 2 aromatic heterocycles. The maximum absolute atomic E-state index is 14.4. The van der Waals surface area contributed by atoms with Crippen molar-refractivity contribution in [1.82, 2.24) is 24.8 Å². The number of likely N-dealkylation sites (tertiary alicyclic amines) is 1. The minimum atomic E-state index is -0.830. The molecule has 1 saturated heterocycles. The number of carbonyl (C=O) groups excluding carboxylic acids is 3. The van der Waals surface area contributed by atoms with Gasteiger partial charge in [-0.25, -0.2) is 0 Å². The highest BCUT2D eigenvalue weighted by molar-refractivity contribution is 6.04. The first-order valence-corrected chi connectivity index (χ1v) is 10.8. The summed E-state index contributed by atoms with van der Waals surface area (Å²) >= 11 is 0. The normalized spacial score (nSPS) is 21.4. The molecule has 170 valence electrons. The van der Waals surface area contributed by atoms with Crippen LogP contribution in [0.4, 0.5) is 4.48 Å². The van der Waals surface area contributed by atoms with Gasteiger partial charge in [0.15, 0.2) is 5.69 Å². The molecule has 0 aromatic carbocycles. The Kier molecular flexibility index (Phi) is 5.70. The summed E-state index contributed by atoms with van der Waals surface area (Å²) in [4.78, 5) is 43.6. The van der Waals surface area contributed by atoms with Gasteiger partial charge in [0.25, 0.3) is 11.8 Å². The molecule has 2 aliphatic rings. The number of pyridine rings is 1. The Labute approximate surface area is 185 Å². The van der Waals surface area contributed by atoms with Crippen molar-refractivity contribution in [1.29, 1.82) is 0 Å². The van der Waals surface area contributed by atoms with Crippen LogP contribution in [0.1, 0.15) is 49.8 Å². The van der Waals surface area contributed by atoms with Gasteiger partial charge >= 0.3 is 0 Å². The highest BCUT2D eigenvalue weighted by Crippen LogP contribution is 2.48. The summed E-state index contributed by atoms with van der Waals surface area (Å²) < 4.78 is 15.8. The number of hydrogen-bond acceptors (Lipinski definition) is 5. The van der Waals surface area contributed by atoms with Crippen LogP contribution in [0.15, 0.2) is 23.9 Å². The number of rotatable bonds is 7. The number of hydrogen-bond donors (Lipinski definition) is 1. The van der Waals surface area contributed by atoms with Crippen molar-refractivity contribution >= 4 is 28.6 Å². The Morgan fingerprint density at radius 3 is 2.72 bits per heavy atom. The number of piperidine rings is 1. The Hall–Kier alpha value is -3.30. The number of aryl methyl sites for hydroxylation is 1. The van der Waals surface area contributed by atoms with Crippen LogP contribution >= 0.6 is 0 Å². The van der Waals surface area contributed by atoms with Gasteiger partial charge < -0.3 is 10.6 Å². The molecule has 2 aromatic rings. The zero-order chi connectivity index (χ0) is 23.2. The summed E-state index contributed by atoms with van der Waals surface area (Å²) in [5, 5.41) is 4.95. The molecule has 2 N–H and O–H groups in total. The van der Waals surface area contributed by atoms with Crippen LogP contribution in [0.3, 0.4) is 0 Å². The van der Waals surface area contributed by atoms with Crippen LogP contribution in [0, 0.1) is 5.92 Å². The van der Waals surface area contributed by atoms with Crippen molar-refractivity contribution < 1.29 is 18.9 Å². The number of fused-ring (bicyclic) bond motifs is 2. The third kappa shape index (κ3) is 3.96. The lowest BCUT2D eigenvalue weighted by atomic mass is 10.1. The van der Waals surface area contributed by atoms with Crippen molar-refractivity contribution in [2.24, 2.45) is 11.7 Å². The summed E-state index contributed by atoms with van der Waals surface area (Å²) in [6, 6.07) is 0.854. The molecular formula is C22H27FN6O3. The fourth-order valence-corrected chi connectivity index (χ4v) is 4.37. The topological polar surface area (TPSA) is 114 Å². The predicted octanol–water partition coefficient (Wildman–Crippen LogP) is 1.76. The lowest BCUT2D eigenvalue weighted by Crippen LogP contribution is -2.48. The van der Waals surface area contributed by atoms with Gasteiger partial charge in [-0.05, 0) is 45.1 Å². The largest absolute Gasteiger partial charge is 0.364 e. The van der Waals surface area contributed by atoms with Crippen LogP contribution in [-0.2, 0) is 22.6 Å². The number of carbonyl (C=O) groups is 3. The van der Waals surface area contributed by atoms with Crippen molar-refractivity contribution in [3.63, 3.8) is 0 Å². The zero-order valence-electron chi connectivity index (χ0n) is 18.4. The minimum Gasteiger partial charge on any atom is -0.364 e. The lowest BCUT2D eigenvalue weighted by molar-refractivity contribution is -0.155. The van der Waals surface area contributed by atoms with Crippen LogP contribution in [-0.4, -0.2) is 61.1 Å². The van der Waals surface area contributed by atoms with E-state index in [0.29, 0.717) is 23.7 Å². The number of aromatic nitrogens is 3. The Morgan fingerprint density at radius 1 is 1.31 bits per heavy atom. The summed E-state index contributed by atoms with van der Waals surface area (Å²) in [5.74, 6) is -1.53. The second kappa shape index (κ2) is 8.33. The van der Waals surface area contributed by atoms with E-state index in [-0.39, 0.29) is 41.8 Å². The number of nitrogens with two attached hydrogens (primary N) is 1. The van der Waals surface area contributed by atoms with Crippen molar-refractivity contribution in [3.05, 3.63) is 35.3 Å². The van der Waals surface area contributed by atoms with Crippen LogP contribution in [0.25, 0.3) is 10.9 Å². The quantitative estimate of drug-likeness (QED) is 0.518. The number of halogens is 1. The van der Waals surface area contributed by atoms with Gasteiger partial charge in [0.05, 0.1) is 18.3 Å². The summed E-state index contributed by atoms with van der Waals surface area (Å²) in [5.41, 5.74) is 7.74. The van der Waals surface area contributed by atoms with E-state index in [1.54, 1.807) is 18.3 Å². The smallest absolute Gasteiger partial charge is 0.273 e. The van der Waals surface area contributed by atoms with Crippen molar-refractivity contribution in [2.45, 2.75) is 58.7 Å². The third-order valence-electron chi connectivity index (χ3n) is 6.15. The maximum Gasteiger partial charge on any atom is 0.273 e. The molecular weight excluding hydrogens is 415 g/mol. The van der Waals surface area contributed by atoms with Crippen molar-refractivity contribution in [3.8, 4) is 0 Å². The molecule has 3 atom stereocenters. The third-order valence-corrected chi connectivity index (χ3v) is 6.15. The fourth-order valence-electron chi connectivity index (χ4n) is 4.37. The first-order valence-electron chi connectivity index (χ1n) is 10.8. The molecule has 1 aliphatic carbocycles. The van der Waals surface area contributed by atoms with E-state index < -0.39 is 17.9 Å². The zero-order valence-corrected chi connectivity index (χ0v) is 18.4. The molecule has 2 fully saturated rings. The number of allylic oxidation sites excluding steroid dienone is 1. The van der Waals surface area contributed by atoms with E-state index in [1.165, 1.54) is 9.58 Å². The van der Waals surface area contributed by atoms with E-state index in [2.05, 4.69) is 10.1 Å². The Balaban J connectivity index is 1.58. The minimum absolute atomic E-state index is 0.0597. The highest BCUT2D eigenvalue weighted by Gasteiger charge is 2.56. The number of primary amides is 1. The van der Waals surface area contributed by atoms with Crippen molar-refractivity contribution in [2.75, 3.05) is 6.54 Å². The van der Waals surface area contributed by atoms with E-state index in [1.807, 2.05) is 20.8 Å². The van der Waals surface area contributed by atoms with Gasteiger partial charge in [0, 0.05) is 17.1 Å². The molecule has 10 heteroatoms. The van der Waals surface area contributed by atoms with Gasteiger partial charge in [-0.3, -0.25) is 24.0 Å². The average molecular weight is 442 g/mol. The molecule has 0 spiro atoms. The van der Waals surface area contributed by atoms with Gasteiger partial charge in [0.2, 0.25) is 5.91 Å². The van der Waals surface area contributed by atoms with Crippen LogP contribution < -0.4 is 5.73 Å². The lowest BCUT2D eigenvalue weighted by Gasteiger charge is -2.28. The molecule has 9 nitrogen and oxygen atoms in total. The average Bonchev–Trinajstić information content (AvgIpc) is 3.27. The molecule has 0 radical (unpaired) electrons.